The van der Waals surface area contributed by atoms with Gasteiger partial charge in [-0.25, -0.2) is 18.4 Å². The number of ether oxygens (including phenoxy) is 3. The number of thioether (sulfide) groups is 1. The van der Waals surface area contributed by atoms with Gasteiger partial charge in [0.15, 0.2) is 0 Å². The highest BCUT2D eigenvalue weighted by Crippen LogP contribution is 2.42. The predicted octanol–water partition coefficient (Wildman–Crippen LogP) is 9.99. The van der Waals surface area contributed by atoms with E-state index >= 15 is 4.39 Å². The van der Waals surface area contributed by atoms with Crippen LogP contribution in [0, 0.1) is 17.0 Å². The van der Waals surface area contributed by atoms with Crippen LogP contribution in [0.1, 0.15) is 83.7 Å². The van der Waals surface area contributed by atoms with E-state index in [-0.39, 0.29) is 86.7 Å². The Morgan fingerprint density at radius 3 is 2.03 bits per heavy atom. The Kier molecular flexibility index (Phi) is 25.2. The molecule has 6 N–H and O–H groups in total. The lowest BCUT2D eigenvalue weighted by atomic mass is 9.83. The zero-order valence-electron chi connectivity index (χ0n) is 46.5. The van der Waals surface area contributed by atoms with Crippen LogP contribution in [0.3, 0.4) is 0 Å². The molecule has 0 saturated carbocycles. The number of nitrogens with one attached hydrogen (secondary N) is 4. The number of amides is 5. The summed E-state index contributed by atoms with van der Waals surface area (Å²) in [6, 6.07) is 22.4. The van der Waals surface area contributed by atoms with E-state index in [0.717, 1.165) is 47.1 Å². The van der Waals surface area contributed by atoms with Crippen LogP contribution in [0.25, 0.3) is 11.1 Å². The average molecular weight is 1140 g/mol. The highest BCUT2D eigenvalue weighted by molar-refractivity contribution is 8.24. The van der Waals surface area contributed by atoms with Crippen LogP contribution in [0.2, 0.25) is 25.7 Å². The lowest BCUT2D eigenvalue weighted by Crippen LogP contribution is -2.49. The largest absolute Gasteiger partial charge is 0.460 e. The Hall–Kier alpha value is -5.94. The Balaban J connectivity index is 1.57. The van der Waals surface area contributed by atoms with E-state index in [9.17, 15) is 42.3 Å². The molecule has 0 fully saturated rings. The third-order valence-corrected chi connectivity index (χ3v) is 16.2. The number of nitrogens with zero attached hydrogens (tertiary/aromatic N) is 2. The van der Waals surface area contributed by atoms with Crippen molar-refractivity contribution in [3.63, 3.8) is 0 Å². The van der Waals surface area contributed by atoms with Gasteiger partial charge in [0.2, 0.25) is 17.7 Å². The summed E-state index contributed by atoms with van der Waals surface area (Å²) in [5, 5.41) is 10.6. The number of hydrogen-bond acceptors (Lipinski definition) is 12. The molecule has 2 atom stereocenters. The first-order valence-electron chi connectivity index (χ1n) is 26.0. The minimum Gasteiger partial charge on any atom is -0.460 e. The third-order valence-electron chi connectivity index (χ3n) is 11.8. The van der Waals surface area contributed by atoms with Crippen LogP contribution in [0.4, 0.5) is 18.4 Å². The molecule has 0 spiro atoms. The van der Waals surface area contributed by atoms with Crippen LogP contribution >= 0.6 is 22.4 Å². The second kappa shape index (κ2) is 30.4. The van der Waals surface area contributed by atoms with E-state index in [2.05, 4.69) is 40.9 Å². The van der Waals surface area contributed by atoms with Gasteiger partial charge in [-0.05, 0) is 74.0 Å². The van der Waals surface area contributed by atoms with Crippen molar-refractivity contribution in [2.45, 2.75) is 117 Å². The van der Waals surface area contributed by atoms with Gasteiger partial charge in [-0.3, -0.25) is 28.3 Å². The maximum absolute atomic E-state index is 15.5. The van der Waals surface area contributed by atoms with Gasteiger partial charge in [0.05, 0.1) is 36.3 Å². The molecule has 4 rings (SSSR count). The maximum atomic E-state index is 15.5. The fourth-order valence-corrected chi connectivity index (χ4v) is 10.7. The van der Waals surface area contributed by atoms with Crippen molar-refractivity contribution >= 4 is 66.3 Å². The second-order valence-electron chi connectivity index (χ2n) is 22.2. The summed E-state index contributed by atoms with van der Waals surface area (Å²) < 4.78 is 69.7. The van der Waals surface area contributed by atoms with Gasteiger partial charge in [-0.1, -0.05) is 101 Å². The SMILES string of the molecule is CC(C)(C)OC(=O)CCC(=O)N[C@@H](CSCC(=O)N(CCCNC(=O)OCC[Si](C)(C)C)[C@@H](c1cc(-c2cc(F)ccc2F)cn1Cc1ccccc1)C(C)(C)C)C(=O)NCCS(O)(O)CCNC(=O)OCc1ccccc1. The minimum absolute atomic E-state index is 0.0270. The molecular formula is C56H80F2N6O11S2Si. The molecule has 0 aliphatic heterocycles. The van der Waals surface area contributed by atoms with Crippen LogP contribution in [0.15, 0.2) is 91.1 Å². The Morgan fingerprint density at radius 2 is 1.40 bits per heavy atom. The Labute approximate surface area is 465 Å². The van der Waals surface area contributed by atoms with Crippen molar-refractivity contribution in [1.29, 1.82) is 0 Å². The van der Waals surface area contributed by atoms with Crippen LogP contribution in [-0.2, 0) is 46.5 Å². The maximum Gasteiger partial charge on any atom is 0.407 e. The van der Waals surface area contributed by atoms with E-state index < -0.39 is 83.4 Å². The average Bonchev–Trinajstić information content (AvgIpc) is 3.82. The van der Waals surface area contributed by atoms with Crippen molar-refractivity contribution in [3.05, 3.63) is 120 Å². The molecule has 5 amide bonds. The number of rotatable bonds is 29. The summed E-state index contributed by atoms with van der Waals surface area (Å²) in [4.78, 5) is 81.3. The summed E-state index contributed by atoms with van der Waals surface area (Å²) in [6.07, 6.45) is 0.128. The standard InChI is InChI=1S/C56H80F2N6O11S2Si/c1-55(2,3)51(47-33-42(44-34-43(57)21-22-45(44)58)36-63(47)35-40-17-12-10-13-18-40)64(28-16-25-60-53(69)73-29-32-78(7,8)9)49(66)39-76-38-46(62-48(65)23-24-50(67)75-56(4,5)6)52(68)59-26-30-77(71,72)31-27-61-54(70)74-37-41-19-14-11-15-20-41/h10-15,17-22,33-34,36,46,51,71-72H,16,23-32,35,37-39H2,1-9H3,(H,59,68)(H,60,69)(H,61,70)(H,62,65)/t46-,51-/m0/s1. The fourth-order valence-electron chi connectivity index (χ4n) is 8.01. The van der Waals surface area contributed by atoms with Crippen molar-refractivity contribution < 1.29 is 60.9 Å². The second-order valence-corrected chi connectivity index (χ2v) is 31.3. The lowest BCUT2D eigenvalue weighted by Gasteiger charge is -2.41. The van der Waals surface area contributed by atoms with E-state index in [1.54, 1.807) is 62.2 Å². The van der Waals surface area contributed by atoms with Gasteiger partial charge < -0.3 is 44.9 Å². The predicted molar refractivity (Wildman–Crippen MR) is 306 cm³/mol. The van der Waals surface area contributed by atoms with Gasteiger partial charge in [0.25, 0.3) is 0 Å². The van der Waals surface area contributed by atoms with Gasteiger partial charge in [0.1, 0.15) is 29.9 Å². The molecule has 0 saturated heterocycles. The molecule has 430 valence electrons. The van der Waals surface area contributed by atoms with Gasteiger partial charge in [-0.2, -0.15) is 10.6 Å². The molecule has 1 aromatic heterocycles. The number of carbonyl (C=O) groups is 6. The molecule has 78 heavy (non-hydrogen) atoms. The smallest absolute Gasteiger partial charge is 0.407 e. The zero-order valence-corrected chi connectivity index (χ0v) is 49.1. The summed E-state index contributed by atoms with van der Waals surface area (Å²) >= 11 is 1.06. The zero-order chi connectivity index (χ0) is 57.7. The molecule has 0 radical (unpaired) electrons. The van der Waals surface area contributed by atoms with Gasteiger partial charge >= 0.3 is 18.2 Å². The van der Waals surface area contributed by atoms with Gasteiger partial charge in [0, 0.05) is 76.0 Å². The lowest BCUT2D eigenvalue weighted by molar-refractivity contribution is -0.155. The van der Waals surface area contributed by atoms with E-state index in [4.69, 9.17) is 14.2 Å². The number of esters is 1. The number of alkyl carbamates (subject to hydrolysis) is 2. The molecule has 0 aliphatic rings. The summed E-state index contributed by atoms with van der Waals surface area (Å²) in [6.45, 7) is 18.1. The molecule has 22 heteroatoms. The molecule has 0 unspecified atom stereocenters. The van der Waals surface area contributed by atoms with Crippen LogP contribution < -0.4 is 21.3 Å². The Morgan fingerprint density at radius 1 is 0.782 bits per heavy atom. The highest BCUT2D eigenvalue weighted by Gasteiger charge is 2.37. The molecule has 4 aromatic rings. The third kappa shape index (κ3) is 24.0. The van der Waals surface area contributed by atoms with Crippen LogP contribution in [0.5, 0.6) is 0 Å². The Bertz CT molecular complexity index is 2590. The summed E-state index contributed by atoms with van der Waals surface area (Å²) in [7, 11) is -4.78. The molecule has 3 aromatic carbocycles. The number of benzene rings is 3. The van der Waals surface area contributed by atoms with Gasteiger partial charge in [-0.15, -0.1) is 11.8 Å². The topological polar surface area (TPSA) is 227 Å². The quantitative estimate of drug-likeness (QED) is 0.0129. The first-order valence-corrected chi connectivity index (χ1v) is 32.8. The highest BCUT2D eigenvalue weighted by atomic mass is 32.3. The van der Waals surface area contributed by atoms with E-state index in [0.29, 0.717) is 24.2 Å². The molecular weight excluding hydrogens is 1060 g/mol. The first kappa shape index (κ1) is 64.6. The number of hydrogen-bond donors (Lipinski definition) is 6. The van der Waals surface area contributed by atoms with Crippen molar-refractivity contribution in [1.82, 2.24) is 30.7 Å². The first-order chi connectivity index (χ1) is 36.6. The van der Waals surface area contributed by atoms with E-state index in [1.165, 1.54) is 0 Å². The molecule has 1 heterocycles. The summed E-state index contributed by atoms with van der Waals surface area (Å²) in [5.74, 6) is -4.42. The van der Waals surface area contributed by atoms with Crippen molar-refractivity contribution in [2.24, 2.45) is 5.41 Å². The monoisotopic (exact) mass is 1140 g/mol. The number of carbonyl (C=O) groups excluding carboxylic acids is 6. The van der Waals surface area contributed by atoms with Crippen LogP contribution in [-0.4, -0.2) is 130 Å². The van der Waals surface area contributed by atoms with Crippen molar-refractivity contribution in [2.75, 3.05) is 55.8 Å². The summed E-state index contributed by atoms with van der Waals surface area (Å²) in [5.41, 5.74) is 1.26. The normalized spacial score (nSPS) is 12.9. The molecule has 0 aliphatic carbocycles. The molecule has 0 bridgehead atoms. The van der Waals surface area contributed by atoms with E-state index in [1.807, 2.05) is 61.7 Å². The minimum atomic E-state index is -3.31. The number of aromatic nitrogens is 1. The fraction of sp³-hybridized carbons (Fsp3) is 0.500. The van der Waals surface area contributed by atoms with Crippen molar-refractivity contribution in [3.8, 4) is 11.1 Å². The number of halogens is 2. The molecule has 17 nitrogen and oxygen atoms in total.